The first-order chi connectivity index (χ1) is 9.48. The first-order valence-corrected chi connectivity index (χ1v) is 6.15. The van der Waals surface area contributed by atoms with Crippen LogP contribution in [0, 0.1) is 0 Å². The Labute approximate surface area is 114 Å². The fourth-order valence-electron chi connectivity index (χ4n) is 2.22. The summed E-state index contributed by atoms with van der Waals surface area (Å²) in [5.41, 5.74) is -0.406. The molecule has 2 aromatic heterocycles. The molecule has 102 valence electrons. The van der Waals surface area contributed by atoms with Crippen LogP contribution in [0.15, 0.2) is 46.4 Å². The van der Waals surface area contributed by atoms with Gasteiger partial charge in [-0.25, -0.2) is 9.36 Å². The highest BCUT2D eigenvalue weighted by Gasteiger charge is 2.28. The highest BCUT2D eigenvalue weighted by molar-refractivity contribution is 5.72. The Kier molecular flexibility index (Phi) is 2.60. The molecule has 0 atom stereocenters. The van der Waals surface area contributed by atoms with Crippen molar-refractivity contribution in [3.63, 3.8) is 0 Å². The van der Waals surface area contributed by atoms with Gasteiger partial charge in [0, 0.05) is 24.7 Å². The van der Waals surface area contributed by atoms with E-state index in [4.69, 9.17) is 4.74 Å². The van der Waals surface area contributed by atoms with E-state index in [9.17, 15) is 9.59 Å². The number of hydrogen-bond acceptors (Lipinski definition) is 4. The zero-order chi connectivity index (χ0) is 14.3. The van der Waals surface area contributed by atoms with Gasteiger partial charge in [0.15, 0.2) is 0 Å². The Morgan fingerprint density at radius 3 is 2.85 bits per heavy atom. The second-order valence-corrected chi connectivity index (χ2v) is 5.06. The third kappa shape index (κ3) is 1.95. The van der Waals surface area contributed by atoms with Crippen molar-refractivity contribution in [3.05, 3.63) is 63.2 Å². The summed E-state index contributed by atoms with van der Waals surface area (Å²) in [5.74, 6) is 0.595. The molecule has 2 aromatic rings. The predicted octanol–water partition coefficient (Wildman–Crippen LogP) is 0.992. The van der Waals surface area contributed by atoms with Crippen LogP contribution in [-0.2, 0) is 0 Å². The van der Waals surface area contributed by atoms with Crippen LogP contribution in [-0.4, -0.2) is 20.1 Å². The topological polar surface area (TPSA) is 77.0 Å². The van der Waals surface area contributed by atoms with Gasteiger partial charge in [0.2, 0.25) is 0 Å². The number of hydrogen-bond donors (Lipinski definition) is 1. The van der Waals surface area contributed by atoms with Crippen LogP contribution in [0.2, 0.25) is 0 Å². The Morgan fingerprint density at radius 1 is 1.30 bits per heavy atom. The van der Waals surface area contributed by atoms with Gasteiger partial charge in [0.05, 0.1) is 11.3 Å². The third-order valence-corrected chi connectivity index (χ3v) is 3.01. The van der Waals surface area contributed by atoms with Crippen LogP contribution < -0.4 is 16.0 Å². The van der Waals surface area contributed by atoms with Crippen molar-refractivity contribution in [1.82, 2.24) is 14.5 Å². The minimum absolute atomic E-state index is 0.396. The average molecular weight is 271 g/mol. The molecular formula is C14H13N3O3. The molecule has 3 rings (SSSR count). The van der Waals surface area contributed by atoms with Crippen LogP contribution in [0.5, 0.6) is 5.75 Å². The maximum atomic E-state index is 12.0. The largest absolute Gasteiger partial charge is 0.483 e. The molecule has 0 amide bonds. The second kappa shape index (κ2) is 4.19. The number of fused-ring (bicyclic) bond motifs is 1. The van der Waals surface area contributed by atoms with Gasteiger partial charge in [-0.05, 0) is 26.0 Å². The smallest absolute Gasteiger partial charge is 0.332 e. The van der Waals surface area contributed by atoms with E-state index in [0.717, 1.165) is 4.57 Å². The average Bonchev–Trinajstić information content (AvgIpc) is 2.37. The summed E-state index contributed by atoms with van der Waals surface area (Å²) in [6.07, 6.45) is 6.26. The van der Waals surface area contributed by atoms with Gasteiger partial charge in [-0.2, -0.15) is 0 Å². The monoisotopic (exact) mass is 271 g/mol. The number of pyridine rings is 1. The number of H-pyrrole nitrogens is 1. The van der Waals surface area contributed by atoms with Crippen molar-refractivity contribution in [3.8, 4) is 5.75 Å². The molecule has 0 unspecified atom stereocenters. The van der Waals surface area contributed by atoms with Crippen molar-refractivity contribution in [2.24, 2.45) is 0 Å². The molecule has 1 aliphatic rings. The summed E-state index contributed by atoms with van der Waals surface area (Å²) in [6, 6.07) is 3.02. The van der Waals surface area contributed by atoms with E-state index in [-0.39, 0.29) is 0 Å². The summed E-state index contributed by atoms with van der Waals surface area (Å²) < 4.78 is 6.89. The molecule has 20 heavy (non-hydrogen) atoms. The standard InChI is InChI=1S/C14H13N3O3/c1-14(2)7-10(9-8-15-5-3-11(9)20-14)17-12(18)4-6-16-13(17)19/h3-8H,1-2H3,(H,16,19). The Bertz CT molecular complexity index is 786. The first-order valence-electron chi connectivity index (χ1n) is 6.15. The molecule has 6 nitrogen and oxygen atoms in total. The molecule has 3 heterocycles. The van der Waals surface area contributed by atoms with Gasteiger partial charge in [-0.15, -0.1) is 0 Å². The quantitative estimate of drug-likeness (QED) is 0.839. The lowest BCUT2D eigenvalue weighted by Gasteiger charge is -2.30. The molecule has 1 aliphatic heterocycles. The summed E-state index contributed by atoms with van der Waals surface area (Å²) in [4.78, 5) is 30.5. The van der Waals surface area contributed by atoms with Crippen LogP contribution in [0.1, 0.15) is 19.4 Å². The van der Waals surface area contributed by atoms with Gasteiger partial charge in [0.25, 0.3) is 5.56 Å². The van der Waals surface area contributed by atoms with Crippen molar-refractivity contribution in [2.45, 2.75) is 19.4 Å². The molecule has 0 fully saturated rings. The van der Waals surface area contributed by atoms with E-state index in [1.54, 1.807) is 24.5 Å². The zero-order valence-corrected chi connectivity index (χ0v) is 11.1. The molecule has 0 radical (unpaired) electrons. The van der Waals surface area contributed by atoms with E-state index < -0.39 is 16.9 Å². The van der Waals surface area contributed by atoms with Gasteiger partial charge in [0.1, 0.15) is 11.4 Å². The minimum Gasteiger partial charge on any atom is -0.483 e. The number of aromatic nitrogens is 3. The second-order valence-electron chi connectivity index (χ2n) is 5.06. The lowest BCUT2D eigenvalue weighted by molar-refractivity contribution is 0.157. The van der Waals surface area contributed by atoms with E-state index >= 15 is 0 Å². The molecule has 0 aliphatic carbocycles. The van der Waals surface area contributed by atoms with Crippen molar-refractivity contribution < 1.29 is 4.74 Å². The highest BCUT2D eigenvalue weighted by Crippen LogP contribution is 2.34. The molecule has 1 N–H and O–H groups in total. The maximum absolute atomic E-state index is 12.0. The Morgan fingerprint density at radius 2 is 2.10 bits per heavy atom. The molecule has 6 heteroatoms. The van der Waals surface area contributed by atoms with E-state index in [0.29, 0.717) is 17.0 Å². The molecule has 0 bridgehead atoms. The molecule has 0 saturated carbocycles. The van der Waals surface area contributed by atoms with Crippen LogP contribution in [0.25, 0.3) is 5.70 Å². The summed E-state index contributed by atoms with van der Waals surface area (Å²) >= 11 is 0. The highest BCUT2D eigenvalue weighted by atomic mass is 16.5. The van der Waals surface area contributed by atoms with Gasteiger partial charge < -0.3 is 9.72 Å². The van der Waals surface area contributed by atoms with Gasteiger partial charge in [-0.3, -0.25) is 9.78 Å². The Balaban J connectivity index is 2.34. The lowest BCUT2D eigenvalue weighted by Crippen LogP contribution is -2.38. The van der Waals surface area contributed by atoms with Gasteiger partial charge in [-0.1, -0.05) is 0 Å². The van der Waals surface area contributed by atoms with Crippen molar-refractivity contribution in [2.75, 3.05) is 0 Å². The predicted molar refractivity (Wildman–Crippen MR) is 73.6 cm³/mol. The summed E-state index contributed by atoms with van der Waals surface area (Å²) in [5, 5.41) is 0. The molecule has 0 aromatic carbocycles. The summed E-state index contributed by atoms with van der Waals surface area (Å²) in [7, 11) is 0. The minimum atomic E-state index is -0.620. The lowest BCUT2D eigenvalue weighted by atomic mass is 10.0. The molecular weight excluding hydrogens is 258 g/mol. The number of ether oxygens (including phenoxy) is 1. The zero-order valence-electron chi connectivity index (χ0n) is 11.1. The van der Waals surface area contributed by atoms with Crippen LogP contribution in [0.3, 0.4) is 0 Å². The molecule has 0 saturated heterocycles. The fraction of sp³-hybridized carbons (Fsp3) is 0.214. The van der Waals surface area contributed by atoms with E-state index in [1.165, 1.54) is 12.3 Å². The Hall–Kier alpha value is -2.63. The number of nitrogens with zero attached hydrogens (tertiary/aromatic N) is 2. The fourth-order valence-corrected chi connectivity index (χ4v) is 2.22. The SMILES string of the molecule is CC1(C)C=C(n2c(=O)cc[nH]c2=O)c2cnccc2O1. The maximum Gasteiger partial charge on any atom is 0.332 e. The van der Waals surface area contributed by atoms with Crippen LogP contribution in [0.4, 0.5) is 0 Å². The van der Waals surface area contributed by atoms with E-state index in [1.807, 2.05) is 13.8 Å². The third-order valence-electron chi connectivity index (χ3n) is 3.01. The first kappa shape index (κ1) is 12.4. The van der Waals surface area contributed by atoms with Gasteiger partial charge >= 0.3 is 5.69 Å². The van der Waals surface area contributed by atoms with E-state index in [2.05, 4.69) is 9.97 Å². The van der Waals surface area contributed by atoms with Crippen molar-refractivity contribution >= 4 is 5.70 Å². The normalized spacial score (nSPS) is 16.0. The number of aromatic amines is 1. The number of nitrogens with one attached hydrogen (secondary N) is 1. The van der Waals surface area contributed by atoms with Crippen LogP contribution >= 0.6 is 0 Å². The number of rotatable bonds is 1. The molecule has 0 spiro atoms. The summed E-state index contributed by atoms with van der Waals surface area (Å²) in [6.45, 7) is 3.72. The van der Waals surface area contributed by atoms with Crippen molar-refractivity contribution in [1.29, 1.82) is 0 Å².